The minimum absolute atomic E-state index is 0.134. The first kappa shape index (κ1) is 23.8. The van der Waals surface area contributed by atoms with Crippen LogP contribution in [0.5, 0.6) is 0 Å². The van der Waals surface area contributed by atoms with Gasteiger partial charge in [-0.2, -0.15) is 0 Å². The summed E-state index contributed by atoms with van der Waals surface area (Å²) in [5, 5.41) is 3.27. The molecule has 0 unspecified atom stereocenters. The molecule has 1 aromatic carbocycles. The molecule has 3 heteroatoms. The van der Waals surface area contributed by atoms with Gasteiger partial charge in [0.05, 0.1) is 0 Å². The van der Waals surface area contributed by atoms with Crippen LogP contribution in [0.3, 0.4) is 0 Å². The summed E-state index contributed by atoms with van der Waals surface area (Å²) in [6.45, 7) is 6.99. The fraction of sp³-hybridized carbons (Fsp3) is 0.720. The Morgan fingerprint density at radius 2 is 1.36 bits per heavy atom. The minimum atomic E-state index is -2.37. The van der Waals surface area contributed by atoms with E-state index in [1.807, 2.05) is 0 Å². The molecule has 2 rings (SSSR count). The second-order valence-corrected chi connectivity index (χ2v) is 22.2. The first-order valence-corrected chi connectivity index (χ1v) is 19.5. The quantitative estimate of drug-likeness (QED) is 0.320. The Morgan fingerprint density at radius 1 is 0.857 bits per heavy atom. The molecule has 1 aliphatic carbocycles. The molecule has 0 aromatic heterocycles. The Balaban J connectivity index is 2.14. The van der Waals surface area contributed by atoms with Gasteiger partial charge in [-0.1, -0.05) is 0 Å². The summed E-state index contributed by atoms with van der Waals surface area (Å²) < 4.78 is 6.12. The number of carbonyl (C=O) groups is 1. The molecule has 1 fully saturated rings. The van der Waals surface area contributed by atoms with E-state index in [4.69, 9.17) is 0 Å². The summed E-state index contributed by atoms with van der Waals surface area (Å²) in [7, 11) is 0. The van der Waals surface area contributed by atoms with E-state index in [-0.39, 0.29) is 5.91 Å². The van der Waals surface area contributed by atoms with Crippen LogP contribution in [-0.4, -0.2) is 30.3 Å². The van der Waals surface area contributed by atoms with Crippen molar-refractivity contribution in [3.8, 4) is 0 Å². The zero-order valence-electron chi connectivity index (χ0n) is 18.7. The predicted molar refractivity (Wildman–Crippen MR) is 125 cm³/mol. The third-order valence-electron chi connectivity index (χ3n) is 6.73. The number of nitrogens with one attached hydrogen (secondary N) is 1. The summed E-state index contributed by atoms with van der Waals surface area (Å²) in [6, 6.07) is 9.35. The van der Waals surface area contributed by atoms with Gasteiger partial charge >= 0.3 is 179 Å². The Morgan fingerprint density at radius 3 is 1.82 bits per heavy atom. The normalized spacial score (nSPS) is 15.5. The number of unbranched alkanes of at least 4 members (excludes halogenated alkanes) is 3. The third kappa shape index (κ3) is 7.07. The van der Waals surface area contributed by atoms with Gasteiger partial charge in [-0.05, 0) is 0 Å². The van der Waals surface area contributed by atoms with E-state index in [2.05, 4.69) is 50.4 Å². The standard InChI is InChI=1S/C13H16NO.3C4H9.Sn/c15-13(11-7-3-1-4-8-11)14-12-9-5-2-6-10-12;3*1-3-4-2;/h3-4,7-8,12H,2,5-6,9-10H2,(H,14,15);3*1,3-4H2,2H3;. The second kappa shape index (κ2) is 12.9. The van der Waals surface area contributed by atoms with E-state index in [0.717, 1.165) is 18.4 Å². The zero-order valence-corrected chi connectivity index (χ0v) is 21.5. The molecule has 0 saturated heterocycles. The van der Waals surface area contributed by atoms with Crippen molar-refractivity contribution < 1.29 is 4.79 Å². The summed E-state index contributed by atoms with van der Waals surface area (Å²) in [6.07, 6.45) is 14.2. The molecule has 1 amide bonds. The molecule has 1 aliphatic rings. The van der Waals surface area contributed by atoms with Gasteiger partial charge in [0.25, 0.3) is 0 Å². The monoisotopic (exact) mass is 493 g/mol. The fourth-order valence-corrected chi connectivity index (χ4v) is 20.8. The van der Waals surface area contributed by atoms with Gasteiger partial charge in [0.1, 0.15) is 0 Å². The topological polar surface area (TPSA) is 29.1 Å². The SMILES string of the molecule is CCC[CH2][Sn]([CH2]CCC)([CH2]CCC)[c]1ccc(C(=O)NC2CCCCC2)cc1. The molecule has 2 nitrogen and oxygen atoms in total. The average Bonchev–Trinajstić information content (AvgIpc) is 2.74. The van der Waals surface area contributed by atoms with E-state index < -0.39 is 18.4 Å². The van der Waals surface area contributed by atoms with Crippen molar-refractivity contribution in [2.24, 2.45) is 0 Å². The van der Waals surface area contributed by atoms with Crippen molar-refractivity contribution >= 4 is 27.9 Å². The molecule has 158 valence electrons. The zero-order chi connectivity index (χ0) is 20.2. The van der Waals surface area contributed by atoms with Gasteiger partial charge in [0, 0.05) is 0 Å². The molecule has 0 atom stereocenters. The Labute approximate surface area is 178 Å². The van der Waals surface area contributed by atoms with Gasteiger partial charge in [-0.3, -0.25) is 0 Å². The van der Waals surface area contributed by atoms with Crippen molar-refractivity contribution in [1.29, 1.82) is 0 Å². The van der Waals surface area contributed by atoms with Gasteiger partial charge in [0.2, 0.25) is 0 Å². The van der Waals surface area contributed by atoms with Gasteiger partial charge in [-0.15, -0.1) is 0 Å². The molecular formula is C25H43NOSn. The van der Waals surface area contributed by atoms with Crippen molar-refractivity contribution in [3.63, 3.8) is 0 Å². The van der Waals surface area contributed by atoms with Crippen molar-refractivity contribution in [2.75, 3.05) is 0 Å². The van der Waals surface area contributed by atoms with Crippen molar-refractivity contribution in [2.45, 2.75) is 111 Å². The van der Waals surface area contributed by atoms with E-state index >= 15 is 0 Å². The van der Waals surface area contributed by atoms with Crippen molar-refractivity contribution in [3.05, 3.63) is 29.8 Å². The van der Waals surface area contributed by atoms with Crippen LogP contribution < -0.4 is 8.90 Å². The number of benzene rings is 1. The number of hydrogen-bond acceptors (Lipinski definition) is 1. The molecular weight excluding hydrogens is 449 g/mol. The maximum atomic E-state index is 12.7. The molecule has 1 saturated carbocycles. The summed E-state index contributed by atoms with van der Waals surface area (Å²) >= 11 is -2.37. The molecule has 0 bridgehead atoms. The van der Waals surface area contributed by atoms with E-state index in [1.165, 1.54) is 71.1 Å². The molecule has 28 heavy (non-hydrogen) atoms. The average molecular weight is 492 g/mol. The number of rotatable bonds is 12. The first-order valence-electron chi connectivity index (χ1n) is 12.1. The van der Waals surface area contributed by atoms with Crippen LogP contribution in [0.25, 0.3) is 0 Å². The predicted octanol–water partition coefficient (Wildman–Crippen LogP) is 6.81. The van der Waals surface area contributed by atoms with Crippen molar-refractivity contribution in [1.82, 2.24) is 5.32 Å². The molecule has 0 spiro atoms. The summed E-state index contributed by atoms with van der Waals surface area (Å²) in [5.41, 5.74) is 0.857. The van der Waals surface area contributed by atoms with Crippen LogP contribution in [0.15, 0.2) is 24.3 Å². The number of carbonyl (C=O) groups excluding carboxylic acids is 1. The number of hydrogen-bond donors (Lipinski definition) is 1. The van der Waals surface area contributed by atoms with Crippen LogP contribution in [0.4, 0.5) is 0 Å². The molecule has 1 aromatic rings. The van der Waals surface area contributed by atoms with Crippen LogP contribution >= 0.6 is 0 Å². The van der Waals surface area contributed by atoms with E-state index in [0.29, 0.717) is 6.04 Å². The second-order valence-electron chi connectivity index (χ2n) is 8.98. The molecule has 0 aliphatic heterocycles. The van der Waals surface area contributed by atoms with Gasteiger partial charge < -0.3 is 0 Å². The fourth-order valence-electron chi connectivity index (χ4n) is 4.84. The summed E-state index contributed by atoms with van der Waals surface area (Å²) in [4.78, 5) is 12.7. The van der Waals surface area contributed by atoms with E-state index in [9.17, 15) is 4.79 Å². The van der Waals surface area contributed by atoms with Crippen LogP contribution in [-0.2, 0) is 0 Å². The molecule has 0 heterocycles. The van der Waals surface area contributed by atoms with E-state index in [1.54, 1.807) is 3.58 Å². The van der Waals surface area contributed by atoms with Crippen LogP contribution in [0.2, 0.25) is 13.3 Å². The van der Waals surface area contributed by atoms with Crippen LogP contribution in [0, 0.1) is 0 Å². The first-order chi connectivity index (χ1) is 13.6. The molecule has 1 N–H and O–H groups in total. The van der Waals surface area contributed by atoms with Gasteiger partial charge in [-0.25, -0.2) is 0 Å². The Bertz CT molecular complexity index is 541. The molecule has 0 radical (unpaired) electrons. The Hall–Kier alpha value is -0.511. The Kier molecular flexibility index (Phi) is 11.0. The maximum absolute atomic E-state index is 12.7. The summed E-state index contributed by atoms with van der Waals surface area (Å²) in [5.74, 6) is 0.134. The third-order valence-corrected chi connectivity index (χ3v) is 22.4. The number of amides is 1. The van der Waals surface area contributed by atoms with Crippen LogP contribution in [0.1, 0.15) is 102 Å². The van der Waals surface area contributed by atoms with Gasteiger partial charge in [0.15, 0.2) is 0 Å².